The van der Waals surface area contributed by atoms with Gasteiger partial charge in [0.15, 0.2) is 0 Å². The highest BCUT2D eigenvalue weighted by Crippen LogP contribution is 2.28. The smallest absolute Gasteiger partial charge is 0.337 e. The summed E-state index contributed by atoms with van der Waals surface area (Å²) < 4.78 is 0. The summed E-state index contributed by atoms with van der Waals surface area (Å²) in [5, 5.41) is 1.72. The fourth-order valence-electron chi connectivity index (χ4n) is 2.89. The third-order valence-electron chi connectivity index (χ3n) is 4.02. The number of halogens is 1. The molecular formula is C18H11ClN2O4. The number of nitrogens with one attached hydrogen (secondary N) is 1. The maximum atomic E-state index is 12.2. The van der Waals surface area contributed by atoms with Crippen LogP contribution in [0.4, 0.5) is 0 Å². The Morgan fingerprint density at radius 3 is 2.40 bits per heavy atom. The summed E-state index contributed by atoms with van der Waals surface area (Å²) in [6.07, 6.45) is 1.53. The van der Waals surface area contributed by atoms with Crippen LogP contribution in [0.25, 0.3) is 10.9 Å². The Hall–Kier alpha value is -3.12. The third-order valence-corrected chi connectivity index (χ3v) is 4.34. The molecule has 0 fully saturated rings. The van der Waals surface area contributed by atoms with Crippen LogP contribution >= 0.6 is 11.6 Å². The summed E-state index contributed by atoms with van der Waals surface area (Å²) in [5.74, 6) is -2.02. The molecule has 1 N–H and O–H groups in total. The molecule has 0 radical (unpaired) electrons. The average Bonchev–Trinajstić information content (AvgIpc) is 3.11. The Balaban J connectivity index is 1.55. The van der Waals surface area contributed by atoms with Crippen molar-refractivity contribution < 1.29 is 19.2 Å². The van der Waals surface area contributed by atoms with E-state index in [1.54, 1.807) is 30.5 Å². The number of aromatic nitrogens is 1. The molecule has 0 saturated carbocycles. The van der Waals surface area contributed by atoms with Crippen LogP contribution in [0.5, 0.6) is 0 Å². The number of hydroxylamine groups is 2. The quantitative estimate of drug-likeness (QED) is 0.733. The van der Waals surface area contributed by atoms with Gasteiger partial charge >= 0.3 is 5.97 Å². The summed E-state index contributed by atoms with van der Waals surface area (Å²) in [6, 6.07) is 11.7. The Kier molecular flexibility index (Phi) is 3.54. The molecule has 2 amide bonds. The van der Waals surface area contributed by atoms with Crippen LogP contribution in [0.2, 0.25) is 5.02 Å². The van der Waals surface area contributed by atoms with Crippen LogP contribution in [0.1, 0.15) is 26.3 Å². The molecule has 2 aromatic carbocycles. The van der Waals surface area contributed by atoms with Crippen molar-refractivity contribution in [2.24, 2.45) is 0 Å². The number of nitrogens with zero attached hydrogens (tertiary/aromatic N) is 1. The minimum Gasteiger partial charge on any atom is -0.361 e. The van der Waals surface area contributed by atoms with Crippen molar-refractivity contribution >= 4 is 40.3 Å². The zero-order chi connectivity index (χ0) is 17.6. The number of H-pyrrole nitrogens is 1. The molecule has 0 aliphatic carbocycles. The number of hydrogen-bond donors (Lipinski definition) is 1. The standard InChI is InChI=1S/C18H11ClN2O4/c19-13-6-3-7-14-16(13)10(9-20-14)8-15(22)25-21-17(23)11-4-1-2-5-12(11)18(21)24/h1-7,9,20H,8H2. The van der Waals surface area contributed by atoms with Crippen molar-refractivity contribution in [3.8, 4) is 0 Å². The topological polar surface area (TPSA) is 79.5 Å². The summed E-state index contributed by atoms with van der Waals surface area (Å²) in [7, 11) is 0. The molecule has 0 atom stereocenters. The molecule has 124 valence electrons. The molecule has 1 aromatic heterocycles. The van der Waals surface area contributed by atoms with Crippen molar-refractivity contribution in [3.63, 3.8) is 0 Å². The maximum Gasteiger partial charge on any atom is 0.337 e. The highest BCUT2D eigenvalue weighted by Gasteiger charge is 2.38. The van der Waals surface area contributed by atoms with Gasteiger partial charge in [-0.2, -0.15) is 0 Å². The summed E-state index contributed by atoms with van der Waals surface area (Å²) in [4.78, 5) is 44.7. The first-order chi connectivity index (χ1) is 12.1. The molecule has 0 bridgehead atoms. The van der Waals surface area contributed by atoms with E-state index in [-0.39, 0.29) is 17.5 Å². The van der Waals surface area contributed by atoms with Crippen LogP contribution in [0.3, 0.4) is 0 Å². The Bertz CT molecular complexity index is 1010. The lowest BCUT2D eigenvalue weighted by Gasteiger charge is -2.12. The van der Waals surface area contributed by atoms with E-state index in [2.05, 4.69) is 4.98 Å². The third kappa shape index (κ3) is 2.47. The number of carbonyl (C=O) groups is 3. The van der Waals surface area contributed by atoms with Crippen LogP contribution in [0.15, 0.2) is 48.7 Å². The molecule has 0 saturated heterocycles. The number of benzene rings is 2. The molecular weight excluding hydrogens is 344 g/mol. The van der Waals surface area contributed by atoms with Gasteiger partial charge in [-0.05, 0) is 29.8 Å². The Labute approximate surface area is 146 Å². The number of rotatable bonds is 3. The molecule has 2 heterocycles. The zero-order valence-corrected chi connectivity index (χ0v) is 13.5. The summed E-state index contributed by atoms with van der Waals surface area (Å²) >= 11 is 6.17. The van der Waals surface area contributed by atoms with E-state index in [1.165, 1.54) is 12.1 Å². The lowest BCUT2D eigenvalue weighted by molar-refractivity contribution is -0.167. The number of aromatic amines is 1. The van der Waals surface area contributed by atoms with Gasteiger partial charge in [-0.1, -0.05) is 34.9 Å². The van der Waals surface area contributed by atoms with Gasteiger partial charge in [0.05, 0.1) is 22.6 Å². The van der Waals surface area contributed by atoms with Gasteiger partial charge in [-0.25, -0.2) is 4.79 Å². The fourth-order valence-corrected chi connectivity index (χ4v) is 3.18. The Morgan fingerprint density at radius 2 is 1.72 bits per heavy atom. The molecule has 3 aromatic rings. The first-order valence-electron chi connectivity index (χ1n) is 7.49. The molecule has 0 unspecified atom stereocenters. The lowest BCUT2D eigenvalue weighted by atomic mass is 10.1. The predicted octanol–water partition coefficient (Wildman–Crippen LogP) is 3.12. The molecule has 7 heteroatoms. The van der Waals surface area contributed by atoms with Gasteiger partial charge in [0, 0.05) is 17.1 Å². The molecule has 0 spiro atoms. The largest absolute Gasteiger partial charge is 0.361 e. The van der Waals surface area contributed by atoms with Crippen LogP contribution in [-0.2, 0) is 16.1 Å². The minimum absolute atomic E-state index is 0.128. The van der Waals surface area contributed by atoms with E-state index in [4.69, 9.17) is 16.4 Å². The monoisotopic (exact) mass is 354 g/mol. The Morgan fingerprint density at radius 1 is 1.04 bits per heavy atom. The number of fused-ring (bicyclic) bond motifs is 2. The average molecular weight is 355 g/mol. The van der Waals surface area contributed by atoms with E-state index < -0.39 is 17.8 Å². The number of carbonyl (C=O) groups excluding carboxylic acids is 3. The van der Waals surface area contributed by atoms with Crippen molar-refractivity contribution in [2.45, 2.75) is 6.42 Å². The first kappa shape index (κ1) is 15.4. The second kappa shape index (κ2) is 5.75. The number of imide groups is 1. The van der Waals surface area contributed by atoms with Gasteiger partial charge in [-0.3, -0.25) is 9.59 Å². The van der Waals surface area contributed by atoms with E-state index in [0.29, 0.717) is 21.0 Å². The normalized spacial score (nSPS) is 13.4. The zero-order valence-electron chi connectivity index (χ0n) is 12.8. The molecule has 4 rings (SSSR count). The van der Waals surface area contributed by atoms with Crippen molar-refractivity contribution in [2.75, 3.05) is 0 Å². The van der Waals surface area contributed by atoms with Gasteiger partial charge < -0.3 is 9.82 Å². The van der Waals surface area contributed by atoms with Gasteiger partial charge in [-0.15, -0.1) is 0 Å². The SMILES string of the molecule is O=C(Cc1c[nH]c2cccc(Cl)c12)ON1C(=O)c2ccccc2C1=O. The second-order valence-corrected chi connectivity index (χ2v) is 5.97. The van der Waals surface area contributed by atoms with E-state index >= 15 is 0 Å². The van der Waals surface area contributed by atoms with Gasteiger partial charge in [0.1, 0.15) is 0 Å². The lowest BCUT2D eigenvalue weighted by Crippen LogP contribution is -2.33. The second-order valence-electron chi connectivity index (χ2n) is 5.57. The van der Waals surface area contributed by atoms with Crippen LogP contribution < -0.4 is 0 Å². The van der Waals surface area contributed by atoms with Crippen molar-refractivity contribution in [1.82, 2.24) is 10.0 Å². The van der Waals surface area contributed by atoms with Crippen molar-refractivity contribution in [3.05, 3.63) is 70.4 Å². The van der Waals surface area contributed by atoms with Gasteiger partial charge in [0.2, 0.25) is 0 Å². The fraction of sp³-hybridized carbons (Fsp3) is 0.0556. The highest BCUT2D eigenvalue weighted by molar-refractivity contribution is 6.35. The summed E-state index contributed by atoms with van der Waals surface area (Å²) in [5.41, 5.74) is 1.85. The minimum atomic E-state index is -0.727. The molecule has 1 aliphatic heterocycles. The summed E-state index contributed by atoms with van der Waals surface area (Å²) in [6.45, 7) is 0. The van der Waals surface area contributed by atoms with Crippen LogP contribution in [-0.4, -0.2) is 27.8 Å². The van der Waals surface area contributed by atoms with E-state index in [1.807, 2.05) is 6.07 Å². The van der Waals surface area contributed by atoms with E-state index in [0.717, 1.165) is 5.52 Å². The van der Waals surface area contributed by atoms with Gasteiger partial charge in [0.25, 0.3) is 11.8 Å². The number of amides is 2. The molecule has 1 aliphatic rings. The molecule has 25 heavy (non-hydrogen) atoms. The highest BCUT2D eigenvalue weighted by atomic mass is 35.5. The van der Waals surface area contributed by atoms with Crippen LogP contribution in [0, 0.1) is 0 Å². The van der Waals surface area contributed by atoms with E-state index in [9.17, 15) is 14.4 Å². The predicted molar refractivity (Wildman–Crippen MR) is 90.0 cm³/mol. The maximum absolute atomic E-state index is 12.2. The first-order valence-corrected chi connectivity index (χ1v) is 7.87. The van der Waals surface area contributed by atoms with Crippen molar-refractivity contribution in [1.29, 1.82) is 0 Å². The number of hydrogen-bond acceptors (Lipinski definition) is 4. The molecule has 6 nitrogen and oxygen atoms in total.